The molecule has 7 nitrogen and oxygen atoms in total. The first kappa shape index (κ1) is 21.6. The van der Waals surface area contributed by atoms with E-state index in [4.69, 9.17) is 12.2 Å². The number of thiocarbonyl (C=S) groups is 1. The van der Waals surface area contributed by atoms with Crippen LogP contribution in [0.1, 0.15) is 33.3 Å². The molecule has 1 saturated heterocycles. The molecule has 0 radical (unpaired) electrons. The zero-order chi connectivity index (χ0) is 21.0. The van der Waals surface area contributed by atoms with Gasteiger partial charge in [0.05, 0.1) is 0 Å². The van der Waals surface area contributed by atoms with Crippen LogP contribution in [0.5, 0.6) is 0 Å². The number of nitrogens with zero attached hydrogens (tertiary/aromatic N) is 3. The summed E-state index contributed by atoms with van der Waals surface area (Å²) >= 11 is 5.25. The normalized spacial score (nSPS) is 15.7. The molecule has 0 saturated carbocycles. The molecule has 1 aliphatic rings. The fourth-order valence-electron chi connectivity index (χ4n) is 3.12. The van der Waals surface area contributed by atoms with Crippen LogP contribution in [0.3, 0.4) is 0 Å². The Bertz CT molecular complexity index is 791. The molecule has 0 spiro atoms. The van der Waals surface area contributed by atoms with Gasteiger partial charge in [-0.15, -0.1) is 0 Å². The van der Waals surface area contributed by atoms with E-state index in [1.165, 1.54) is 9.80 Å². The summed E-state index contributed by atoms with van der Waals surface area (Å²) in [6.45, 7) is 8.44. The molecule has 1 aromatic rings. The topological polar surface area (TPSA) is 81.2 Å². The quantitative estimate of drug-likeness (QED) is 0.428. The van der Waals surface area contributed by atoms with E-state index in [0.717, 1.165) is 5.69 Å². The number of rotatable bonds is 7. The van der Waals surface area contributed by atoms with Crippen LogP contribution in [0.15, 0.2) is 29.8 Å². The number of amides is 2. The Morgan fingerprint density at radius 2 is 1.61 bits per heavy atom. The van der Waals surface area contributed by atoms with Crippen molar-refractivity contribution in [2.24, 2.45) is 0 Å². The number of hydrogen-bond acceptors (Lipinski definition) is 5. The van der Waals surface area contributed by atoms with Gasteiger partial charge in [0.25, 0.3) is 11.8 Å². The van der Waals surface area contributed by atoms with Crippen molar-refractivity contribution in [3.63, 3.8) is 0 Å². The smallest absolute Gasteiger partial charge is 0.326 e. The van der Waals surface area contributed by atoms with E-state index in [-0.39, 0.29) is 10.7 Å². The second kappa shape index (κ2) is 8.97. The number of carboxylic acid groups (broad SMARTS) is 1. The zero-order valence-corrected chi connectivity index (χ0v) is 17.3. The maximum Gasteiger partial charge on any atom is 0.326 e. The molecule has 1 aliphatic heterocycles. The van der Waals surface area contributed by atoms with Crippen LogP contribution in [0, 0.1) is 0 Å². The second-order valence-corrected chi connectivity index (χ2v) is 6.70. The molecule has 28 heavy (non-hydrogen) atoms. The Balaban J connectivity index is 2.36. The molecule has 0 aliphatic carbocycles. The summed E-state index contributed by atoms with van der Waals surface area (Å²) in [4.78, 5) is 41.2. The van der Waals surface area contributed by atoms with Crippen LogP contribution in [0.2, 0.25) is 0 Å². The van der Waals surface area contributed by atoms with Gasteiger partial charge in [0.2, 0.25) is 0 Å². The van der Waals surface area contributed by atoms with Crippen LogP contribution in [-0.2, 0) is 14.4 Å². The van der Waals surface area contributed by atoms with Gasteiger partial charge < -0.3 is 10.0 Å². The largest absolute Gasteiger partial charge is 0.480 e. The Morgan fingerprint density at radius 3 is 2.00 bits per heavy atom. The van der Waals surface area contributed by atoms with E-state index in [2.05, 4.69) is 0 Å². The first-order valence-corrected chi connectivity index (χ1v) is 9.66. The van der Waals surface area contributed by atoms with Gasteiger partial charge in [-0.1, -0.05) is 12.1 Å². The van der Waals surface area contributed by atoms with Crippen molar-refractivity contribution in [3.05, 3.63) is 35.4 Å². The summed E-state index contributed by atoms with van der Waals surface area (Å²) in [7, 11) is 0. The first-order chi connectivity index (χ1) is 13.3. The number of likely N-dealkylation sites (N-methyl/N-ethyl adjacent to an activating group) is 3. The van der Waals surface area contributed by atoms with Crippen LogP contribution in [0.4, 0.5) is 5.69 Å². The summed E-state index contributed by atoms with van der Waals surface area (Å²) in [5, 5.41) is 9.48. The molecule has 2 amide bonds. The highest BCUT2D eigenvalue weighted by atomic mass is 32.1. The van der Waals surface area contributed by atoms with Crippen LogP contribution in [0.25, 0.3) is 6.08 Å². The lowest BCUT2D eigenvalue weighted by Gasteiger charge is -2.35. The van der Waals surface area contributed by atoms with Crippen molar-refractivity contribution < 1.29 is 19.5 Å². The van der Waals surface area contributed by atoms with Crippen LogP contribution < -0.4 is 4.90 Å². The Morgan fingerprint density at radius 1 is 1.11 bits per heavy atom. The lowest BCUT2D eigenvalue weighted by atomic mass is 10.1. The van der Waals surface area contributed by atoms with Crippen LogP contribution in [-0.4, -0.2) is 63.5 Å². The van der Waals surface area contributed by atoms with E-state index in [1.54, 1.807) is 42.2 Å². The van der Waals surface area contributed by atoms with Gasteiger partial charge in [-0.05, 0) is 63.7 Å². The summed E-state index contributed by atoms with van der Waals surface area (Å²) in [5.74, 6) is -1.70. The summed E-state index contributed by atoms with van der Waals surface area (Å²) in [6.07, 6.45) is 1.55. The third-order valence-electron chi connectivity index (χ3n) is 4.75. The average molecular weight is 404 g/mol. The van der Waals surface area contributed by atoms with Gasteiger partial charge in [-0.2, -0.15) is 0 Å². The highest BCUT2D eigenvalue weighted by Crippen LogP contribution is 2.23. The maximum atomic E-state index is 12.7. The van der Waals surface area contributed by atoms with E-state index in [1.807, 2.05) is 20.8 Å². The van der Waals surface area contributed by atoms with Gasteiger partial charge in [-0.25, -0.2) is 4.79 Å². The molecule has 0 bridgehead atoms. The minimum Gasteiger partial charge on any atom is -0.480 e. The lowest BCUT2D eigenvalue weighted by Crippen LogP contribution is -2.55. The molecular formula is C20H25N3O4S. The SMILES string of the molecule is CCN1C(=O)C(=Cc2ccc(N(CC)C(C)C(=O)O)cc2)C(=O)N(CC)C1=S. The van der Waals surface area contributed by atoms with Gasteiger partial charge >= 0.3 is 5.97 Å². The van der Waals surface area contributed by atoms with Gasteiger partial charge in [0, 0.05) is 25.3 Å². The number of carbonyl (C=O) groups is 3. The maximum absolute atomic E-state index is 12.7. The fraction of sp³-hybridized carbons (Fsp3) is 0.400. The molecule has 1 heterocycles. The van der Waals surface area contributed by atoms with Crippen molar-refractivity contribution in [2.75, 3.05) is 24.5 Å². The highest BCUT2D eigenvalue weighted by Gasteiger charge is 2.37. The summed E-state index contributed by atoms with van der Waals surface area (Å²) in [5.41, 5.74) is 1.50. The standard InChI is InChI=1S/C20H25N3O4S/c1-5-21(13(4)19(26)27)15-10-8-14(9-11-15)12-16-17(24)22(6-2)20(28)23(7-3)18(16)25/h8-13H,5-7H2,1-4H3,(H,26,27). The molecule has 1 atom stereocenters. The van der Waals surface area contributed by atoms with Gasteiger partial charge in [-0.3, -0.25) is 19.4 Å². The lowest BCUT2D eigenvalue weighted by molar-refractivity contribution is -0.138. The number of carbonyl (C=O) groups excluding carboxylic acids is 2. The van der Waals surface area contributed by atoms with E-state index in [0.29, 0.717) is 25.2 Å². The van der Waals surface area contributed by atoms with Crippen molar-refractivity contribution >= 4 is 46.9 Å². The van der Waals surface area contributed by atoms with Gasteiger partial charge in [0.15, 0.2) is 5.11 Å². The monoisotopic (exact) mass is 403 g/mol. The van der Waals surface area contributed by atoms with Crippen LogP contribution >= 0.6 is 12.2 Å². The van der Waals surface area contributed by atoms with Crippen molar-refractivity contribution in [3.8, 4) is 0 Å². The molecule has 2 rings (SSSR count). The highest BCUT2D eigenvalue weighted by molar-refractivity contribution is 7.80. The van der Waals surface area contributed by atoms with Crippen molar-refractivity contribution in [1.82, 2.24) is 9.80 Å². The van der Waals surface area contributed by atoms with Crippen molar-refractivity contribution in [1.29, 1.82) is 0 Å². The minimum atomic E-state index is -0.901. The number of anilines is 1. The second-order valence-electron chi connectivity index (χ2n) is 6.33. The zero-order valence-electron chi connectivity index (χ0n) is 16.5. The molecular weight excluding hydrogens is 378 g/mol. The number of hydrogen-bond donors (Lipinski definition) is 1. The number of carboxylic acids is 1. The predicted molar refractivity (Wildman–Crippen MR) is 112 cm³/mol. The Kier molecular flexibility index (Phi) is 6.90. The molecule has 8 heteroatoms. The predicted octanol–water partition coefficient (Wildman–Crippen LogP) is 2.36. The third-order valence-corrected chi connectivity index (χ3v) is 5.19. The van der Waals surface area contributed by atoms with Gasteiger partial charge in [0.1, 0.15) is 11.6 Å². The molecule has 1 fully saturated rings. The van der Waals surface area contributed by atoms with E-state index >= 15 is 0 Å². The minimum absolute atomic E-state index is 0.0660. The number of aliphatic carboxylic acids is 1. The Labute approximate surface area is 170 Å². The third kappa shape index (κ3) is 4.06. The Hall–Kier alpha value is -2.74. The summed E-state index contributed by atoms with van der Waals surface area (Å²) < 4.78 is 0. The molecule has 1 aromatic carbocycles. The molecule has 1 N–H and O–H groups in total. The fourth-order valence-corrected chi connectivity index (χ4v) is 3.55. The summed E-state index contributed by atoms with van der Waals surface area (Å²) in [6, 6.07) is 6.44. The molecule has 1 unspecified atom stereocenters. The van der Waals surface area contributed by atoms with E-state index < -0.39 is 23.8 Å². The molecule has 0 aromatic heterocycles. The first-order valence-electron chi connectivity index (χ1n) is 9.25. The molecule has 150 valence electrons. The number of benzene rings is 1. The average Bonchev–Trinajstić information content (AvgIpc) is 2.67. The van der Waals surface area contributed by atoms with E-state index in [9.17, 15) is 19.5 Å². The van der Waals surface area contributed by atoms with Crippen molar-refractivity contribution in [2.45, 2.75) is 33.7 Å².